The molecule has 4 N–H and O–H groups in total. The summed E-state index contributed by atoms with van der Waals surface area (Å²) in [6.07, 6.45) is 7.55. The fraction of sp³-hybridized carbons (Fsp3) is 0.583. The van der Waals surface area contributed by atoms with Crippen molar-refractivity contribution >= 4 is 11.7 Å². The zero-order valence-electron chi connectivity index (χ0n) is 10.3. The van der Waals surface area contributed by atoms with Crippen LogP contribution in [0.2, 0.25) is 0 Å². The van der Waals surface area contributed by atoms with Crippen molar-refractivity contribution in [1.29, 1.82) is 5.41 Å². The average molecular weight is 249 g/mol. The van der Waals surface area contributed by atoms with E-state index in [1.54, 1.807) is 6.20 Å². The van der Waals surface area contributed by atoms with E-state index in [1.807, 2.05) is 0 Å². The van der Waals surface area contributed by atoms with Crippen LogP contribution in [0.4, 0.5) is 5.82 Å². The first-order valence-corrected chi connectivity index (χ1v) is 6.26. The first-order valence-electron chi connectivity index (χ1n) is 6.26. The van der Waals surface area contributed by atoms with Crippen LogP contribution in [0.1, 0.15) is 31.4 Å². The van der Waals surface area contributed by atoms with Crippen molar-refractivity contribution in [2.24, 2.45) is 5.73 Å². The van der Waals surface area contributed by atoms with Crippen LogP contribution in [0, 0.1) is 5.41 Å². The quantitative estimate of drug-likeness (QED) is 0.535. The van der Waals surface area contributed by atoms with Gasteiger partial charge in [-0.3, -0.25) is 5.41 Å². The van der Waals surface area contributed by atoms with Crippen LogP contribution in [0.3, 0.4) is 0 Å². The molecule has 1 aliphatic heterocycles. The zero-order chi connectivity index (χ0) is 13.0. The van der Waals surface area contributed by atoms with E-state index in [0.29, 0.717) is 5.69 Å². The van der Waals surface area contributed by atoms with Gasteiger partial charge >= 0.3 is 0 Å². The summed E-state index contributed by atoms with van der Waals surface area (Å²) in [5.74, 6) is 0.671. The summed E-state index contributed by atoms with van der Waals surface area (Å²) >= 11 is 0. The lowest BCUT2D eigenvalue weighted by Gasteiger charge is -2.29. The largest absolute Gasteiger partial charge is 0.394 e. The van der Waals surface area contributed by atoms with E-state index in [0.717, 1.165) is 31.6 Å². The van der Waals surface area contributed by atoms with Crippen molar-refractivity contribution < 1.29 is 5.11 Å². The third kappa shape index (κ3) is 2.76. The number of hydrogen-bond acceptors (Lipinski definition) is 5. The normalized spacial score (nSPS) is 20.5. The van der Waals surface area contributed by atoms with E-state index in [-0.39, 0.29) is 18.5 Å². The molecule has 0 bridgehead atoms. The number of nitrogens with zero attached hydrogens (tertiary/aromatic N) is 3. The lowest BCUT2D eigenvalue weighted by atomic mass is 10.1. The van der Waals surface area contributed by atoms with Crippen molar-refractivity contribution in [3.05, 3.63) is 18.1 Å². The second-order valence-corrected chi connectivity index (χ2v) is 4.55. The Bertz CT molecular complexity index is 405. The maximum absolute atomic E-state index is 9.45. The minimum Gasteiger partial charge on any atom is -0.394 e. The Balaban J connectivity index is 2.19. The van der Waals surface area contributed by atoms with Crippen LogP contribution in [0.25, 0.3) is 0 Å². The molecule has 1 fully saturated rings. The van der Waals surface area contributed by atoms with Gasteiger partial charge in [0.25, 0.3) is 0 Å². The van der Waals surface area contributed by atoms with Crippen LogP contribution in [0.15, 0.2) is 12.4 Å². The number of nitrogen functional groups attached to an aromatic ring is 1. The first kappa shape index (κ1) is 12.8. The maximum Gasteiger partial charge on any atom is 0.147 e. The van der Waals surface area contributed by atoms with Gasteiger partial charge < -0.3 is 15.7 Å². The van der Waals surface area contributed by atoms with E-state index in [9.17, 15) is 5.11 Å². The van der Waals surface area contributed by atoms with Gasteiger partial charge in [-0.25, -0.2) is 9.97 Å². The number of aliphatic hydroxyl groups excluding tert-OH is 1. The number of nitrogens with two attached hydrogens (primary N) is 1. The van der Waals surface area contributed by atoms with Crippen molar-refractivity contribution in [1.82, 2.24) is 9.97 Å². The second kappa shape index (κ2) is 5.77. The van der Waals surface area contributed by atoms with Crippen molar-refractivity contribution in [2.45, 2.75) is 31.7 Å². The van der Waals surface area contributed by atoms with Gasteiger partial charge in [-0.05, 0) is 12.8 Å². The molecule has 6 nitrogen and oxygen atoms in total. The average Bonchev–Trinajstić information content (AvgIpc) is 2.63. The molecule has 1 aliphatic rings. The molecular weight excluding hydrogens is 230 g/mol. The Labute approximate surface area is 106 Å². The number of anilines is 1. The lowest BCUT2D eigenvalue weighted by molar-refractivity contribution is 0.254. The highest BCUT2D eigenvalue weighted by atomic mass is 16.3. The van der Waals surface area contributed by atoms with Crippen molar-refractivity contribution in [3.63, 3.8) is 0 Å². The van der Waals surface area contributed by atoms with Crippen molar-refractivity contribution in [3.8, 4) is 0 Å². The topological polar surface area (TPSA) is 99.1 Å². The Morgan fingerprint density at radius 2 is 2.22 bits per heavy atom. The molecule has 1 aromatic heterocycles. The molecule has 1 aromatic rings. The molecule has 2 rings (SSSR count). The predicted octanol–water partition coefficient (Wildman–Crippen LogP) is 0.502. The van der Waals surface area contributed by atoms with Gasteiger partial charge in [-0.15, -0.1) is 0 Å². The summed E-state index contributed by atoms with van der Waals surface area (Å²) < 4.78 is 0. The Morgan fingerprint density at radius 1 is 1.39 bits per heavy atom. The highest BCUT2D eigenvalue weighted by molar-refractivity contribution is 5.92. The van der Waals surface area contributed by atoms with Gasteiger partial charge in [0.1, 0.15) is 17.3 Å². The predicted molar refractivity (Wildman–Crippen MR) is 69.7 cm³/mol. The smallest absolute Gasteiger partial charge is 0.147 e. The Morgan fingerprint density at radius 3 is 2.83 bits per heavy atom. The lowest BCUT2D eigenvalue weighted by Crippen LogP contribution is -2.38. The summed E-state index contributed by atoms with van der Waals surface area (Å²) in [6.45, 7) is 1.02. The highest BCUT2D eigenvalue weighted by Crippen LogP contribution is 2.21. The van der Waals surface area contributed by atoms with E-state index >= 15 is 0 Å². The molecular formula is C12H19N5O. The summed E-state index contributed by atoms with van der Waals surface area (Å²) in [7, 11) is 0. The fourth-order valence-corrected chi connectivity index (χ4v) is 2.28. The molecule has 0 amide bonds. The van der Waals surface area contributed by atoms with Crippen LogP contribution in [-0.4, -0.2) is 40.1 Å². The van der Waals surface area contributed by atoms with Gasteiger partial charge in [0.05, 0.1) is 25.0 Å². The molecule has 0 aromatic carbocycles. The number of amidine groups is 1. The van der Waals surface area contributed by atoms with Gasteiger partial charge in [0.15, 0.2) is 0 Å². The monoisotopic (exact) mass is 249 g/mol. The summed E-state index contributed by atoms with van der Waals surface area (Å²) in [4.78, 5) is 10.5. The third-order valence-electron chi connectivity index (χ3n) is 3.30. The van der Waals surface area contributed by atoms with E-state index < -0.39 is 0 Å². The molecule has 2 heterocycles. The summed E-state index contributed by atoms with van der Waals surface area (Å²) in [5, 5.41) is 16.7. The summed E-state index contributed by atoms with van der Waals surface area (Å²) in [6, 6.07) is 0.116. The molecule has 0 radical (unpaired) electrons. The molecule has 18 heavy (non-hydrogen) atoms. The minimum atomic E-state index is -0.0800. The number of rotatable bonds is 3. The third-order valence-corrected chi connectivity index (χ3v) is 3.30. The Kier molecular flexibility index (Phi) is 4.09. The zero-order valence-corrected chi connectivity index (χ0v) is 10.3. The van der Waals surface area contributed by atoms with Gasteiger partial charge in [-0.2, -0.15) is 0 Å². The maximum atomic E-state index is 9.45. The van der Waals surface area contributed by atoms with Crippen molar-refractivity contribution in [2.75, 3.05) is 18.1 Å². The highest BCUT2D eigenvalue weighted by Gasteiger charge is 2.21. The fourth-order valence-electron chi connectivity index (χ4n) is 2.28. The number of nitrogens with one attached hydrogen (secondary N) is 1. The van der Waals surface area contributed by atoms with Gasteiger partial charge in [0.2, 0.25) is 0 Å². The molecule has 0 aliphatic carbocycles. The number of aromatic nitrogens is 2. The van der Waals surface area contributed by atoms with E-state index in [1.165, 1.54) is 12.6 Å². The molecule has 6 heteroatoms. The van der Waals surface area contributed by atoms with Crippen LogP contribution in [0.5, 0.6) is 0 Å². The molecule has 1 saturated heterocycles. The van der Waals surface area contributed by atoms with Crippen LogP contribution in [-0.2, 0) is 0 Å². The standard InChI is InChI=1S/C12H19N5O/c13-12(14)10-6-16-11(7-15-10)17-5-3-1-2-4-9(17)8-18/h6-7,9,18H,1-5,8H2,(H3,13,14). The molecule has 98 valence electrons. The second-order valence-electron chi connectivity index (χ2n) is 4.55. The van der Waals surface area contributed by atoms with Gasteiger partial charge in [-0.1, -0.05) is 12.8 Å². The van der Waals surface area contributed by atoms with Crippen LogP contribution < -0.4 is 10.6 Å². The molecule has 0 saturated carbocycles. The summed E-state index contributed by atoms with van der Waals surface area (Å²) in [5.41, 5.74) is 5.73. The Hall–Kier alpha value is -1.69. The van der Waals surface area contributed by atoms with Crippen LogP contribution >= 0.6 is 0 Å². The number of aliphatic hydroxyl groups is 1. The number of hydrogen-bond donors (Lipinski definition) is 3. The minimum absolute atomic E-state index is 0.0800. The molecule has 0 spiro atoms. The molecule has 1 atom stereocenters. The first-order chi connectivity index (χ1) is 8.72. The SMILES string of the molecule is N=C(N)c1cnc(N2CCCCCC2CO)cn1. The van der Waals surface area contributed by atoms with E-state index in [4.69, 9.17) is 11.1 Å². The molecule has 1 unspecified atom stereocenters. The van der Waals surface area contributed by atoms with Gasteiger partial charge in [0, 0.05) is 6.54 Å². The van der Waals surface area contributed by atoms with E-state index in [2.05, 4.69) is 14.9 Å².